The average molecular weight is 302 g/mol. The van der Waals surface area contributed by atoms with Crippen LogP contribution in [0.1, 0.15) is 12.6 Å². The molecule has 0 saturated carbocycles. The number of nitrogens with zero attached hydrogens (tertiary/aromatic N) is 1. The quantitative estimate of drug-likeness (QED) is 0.864. The standard InChI is InChI=1S/C10H8BrNOS2/c1-6(13)4-7-5-14-10(12-7)8-2-3-9(11)15-8/h2-3,5H,4H2,1H3. The van der Waals surface area contributed by atoms with Crippen molar-refractivity contribution in [3.8, 4) is 9.88 Å². The summed E-state index contributed by atoms with van der Waals surface area (Å²) in [6.45, 7) is 1.58. The Morgan fingerprint density at radius 3 is 2.93 bits per heavy atom. The minimum absolute atomic E-state index is 0.152. The van der Waals surface area contributed by atoms with E-state index in [-0.39, 0.29) is 5.78 Å². The fraction of sp³-hybridized carbons (Fsp3) is 0.200. The van der Waals surface area contributed by atoms with Crippen LogP contribution in [0.25, 0.3) is 9.88 Å². The van der Waals surface area contributed by atoms with Gasteiger partial charge in [-0.3, -0.25) is 4.79 Å². The summed E-state index contributed by atoms with van der Waals surface area (Å²) in [7, 11) is 0. The lowest BCUT2D eigenvalue weighted by Gasteiger charge is -1.89. The van der Waals surface area contributed by atoms with Crippen LogP contribution >= 0.6 is 38.6 Å². The third-order valence-electron chi connectivity index (χ3n) is 1.77. The molecule has 2 heterocycles. The minimum atomic E-state index is 0.152. The highest BCUT2D eigenvalue weighted by atomic mass is 79.9. The third kappa shape index (κ3) is 2.74. The molecule has 0 unspecified atom stereocenters. The van der Waals surface area contributed by atoms with Crippen molar-refractivity contribution in [2.24, 2.45) is 0 Å². The zero-order chi connectivity index (χ0) is 10.8. The number of hydrogen-bond donors (Lipinski definition) is 0. The normalized spacial score (nSPS) is 10.5. The summed E-state index contributed by atoms with van der Waals surface area (Å²) in [5, 5.41) is 2.94. The molecular weight excluding hydrogens is 294 g/mol. The Kier molecular flexibility index (Phi) is 3.33. The Morgan fingerprint density at radius 1 is 1.53 bits per heavy atom. The molecule has 2 aromatic heterocycles. The van der Waals surface area contributed by atoms with E-state index in [1.165, 1.54) is 0 Å². The monoisotopic (exact) mass is 301 g/mol. The van der Waals surface area contributed by atoms with Gasteiger partial charge in [-0.05, 0) is 35.0 Å². The molecule has 0 aromatic carbocycles. The molecule has 15 heavy (non-hydrogen) atoms. The van der Waals surface area contributed by atoms with Gasteiger partial charge >= 0.3 is 0 Å². The second-order valence-corrected chi connectivity index (χ2v) is 6.45. The van der Waals surface area contributed by atoms with Crippen molar-refractivity contribution in [3.63, 3.8) is 0 Å². The Bertz CT molecular complexity index is 489. The molecule has 2 aromatic rings. The molecule has 0 aliphatic carbocycles. The van der Waals surface area contributed by atoms with E-state index in [4.69, 9.17) is 0 Å². The summed E-state index contributed by atoms with van der Waals surface area (Å²) in [4.78, 5) is 16.5. The van der Waals surface area contributed by atoms with E-state index in [1.807, 2.05) is 17.5 Å². The van der Waals surface area contributed by atoms with Crippen LogP contribution in [0.3, 0.4) is 0 Å². The maximum atomic E-state index is 10.9. The van der Waals surface area contributed by atoms with Crippen molar-refractivity contribution >= 4 is 44.4 Å². The highest BCUT2D eigenvalue weighted by molar-refractivity contribution is 9.11. The summed E-state index contributed by atoms with van der Waals surface area (Å²) < 4.78 is 1.10. The lowest BCUT2D eigenvalue weighted by molar-refractivity contribution is -0.116. The number of thiazole rings is 1. The fourth-order valence-corrected chi connectivity index (χ4v) is 3.46. The molecule has 0 atom stereocenters. The van der Waals surface area contributed by atoms with Gasteiger partial charge in [-0.1, -0.05) is 0 Å². The van der Waals surface area contributed by atoms with Crippen LogP contribution in [-0.2, 0) is 11.2 Å². The van der Waals surface area contributed by atoms with E-state index in [2.05, 4.69) is 20.9 Å². The van der Waals surface area contributed by atoms with Gasteiger partial charge < -0.3 is 0 Å². The van der Waals surface area contributed by atoms with Crippen molar-refractivity contribution in [1.29, 1.82) is 0 Å². The van der Waals surface area contributed by atoms with Crippen molar-refractivity contribution in [2.45, 2.75) is 13.3 Å². The molecule has 5 heteroatoms. The summed E-state index contributed by atoms with van der Waals surface area (Å²) in [5.41, 5.74) is 0.868. The van der Waals surface area contributed by atoms with Crippen LogP contribution in [0.2, 0.25) is 0 Å². The molecule has 78 valence electrons. The zero-order valence-corrected chi connectivity index (χ0v) is 11.2. The Morgan fingerprint density at radius 2 is 2.33 bits per heavy atom. The van der Waals surface area contributed by atoms with Gasteiger partial charge in [0.2, 0.25) is 0 Å². The number of halogens is 1. The molecule has 0 amide bonds. The van der Waals surface area contributed by atoms with Gasteiger partial charge in [0, 0.05) is 11.8 Å². The molecule has 2 nitrogen and oxygen atoms in total. The van der Waals surface area contributed by atoms with Gasteiger partial charge in [0.05, 0.1) is 14.4 Å². The van der Waals surface area contributed by atoms with Gasteiger partial charge in [-0.25, -0.2) is 4.98 Å². The molecule has 0 bridgehead atoms. The minimum Gasteiger partial charge on any atom is -0.300 e. The van der Waals surface area contributed by atoms with Gasteiger partial charge in [0.1, 0.15) is 10.8 Å². The van der Waals surface area contributed by atoms with E-state index in [0.717, 1.165) is 19.4 Å². The van der Waals surface area contributed by atoms with Crippen molar-refractivity contribution < 1.29 is 4.79 Å². The van der Waals surface area contributed by atoms with Crippen LogP contribution in [0.4, 0.5) is 0 Å². The summed E-state index contributed by atoms with van der Waals surface area (Å²) >= 11 is 6.65. The topological polar surface area (TPSA) is 30.0 Å². The Balaban J connectivity index is 2.23. The second-order valence-electron chi connectivity index (χ2n) is 3.13. The molecule has 0 N–H and O–H groups in total. The number of hydrogen-bond acceptors (Lipinski definition) is 4. The molecular formula is C10H8BrNOS2. The summed E-state index contributed by atoms with van der Waals surface area (Å²) in [6.07, 6.45) is 0.434. The van der Waals surface area contributed by atoms with Gasteiger partial charge in [0.25, 0.3) is 0 Å². The molecule has 0 fully saturated rings. The number of aromatic nitrogens is 1. The first-order valence-electron chi connectivity index (χ1n) is 4.34. The first-order valence-corrected chi connectivity index (χ1v) is 6.83. The lowest BCUT2D eigenvalue weighted by Crippen LogP contribution is -1.95. The number of Topliss-reactive ketones (excluding diaryl/α,β-unsaturated/α-hetero) is 1. The van der Waals surface area contributed by atoms with Crippen molar-refractivity contribution in [3.05, 3.63) is 27.0 Å². The second kappa shape index (κ2) is 4.55. The van der Waals surface area contributed by atoms with E-state index in [9.17, 15) is 4.79 Å². The van der Waals surface area contributed by atoms with E-state index in [0.29, 0.717) is 6.42 Å². The van der Waals surface area contributed by atoms with Gasteiger partial charge in [-0.15, -0.1) is 22.7 Å². The largest absolute Gasteiger partial charge is 0.300 e. The van der Waals surface area contributed by atoms with Gasteiger partial charge in [-0.2, -0.15) is 0 Å². The predicted octanol–water partition coefficient (Wildman–Crippen LogP) is 3.77. The molecule has 0 saturated heterocycles. The van der Waals surface area contributed by atoms with Crippen molar-refractivity contribution in [1.82, 2.24) is 4.98 Å². The number of thiophene rings is 1. The van der Waals surface area contributed by atoms with Crippen LogP contribution in [0.15, 0.2) is 21.3 Å². The summed E-state index contributed by atoms with van der Waals surface area (Å²) in [5.74, 6) is 0.152. The molecule has 0 radical (unpaired) electrons. The van der Waals surface area contributed by atoms with E-state index < -0.39 is 0 Å². The number of ketones is 1. The van der Waals surface area contributed by atoms with E-state index >= 15 is 0 Å². The maximum Gasteiger partial charge on any atom is 0.135 e. The average Bonchev–Trinajstić information content (AvgIpc) is 2.72. The number of carbonyl (C=O) groups is 1. The third-order valence-corrected chi connectivity index (χ3v) is 4.45. The number of rotatable bonds is 3. The van der Waals surface area contributed by atoms with Gasteiger partial charge in [0.15, 0.2) is 0 Å². The summed E-state index contributed by atoms with van der Waals surface area (Å²) in [6, 6.07) is 4.04. The SMILES string of the molecule is CC(=O)Cc1csc(-c2ccc(Br)s2)n1. The Hall–Kier alpha value is -0.520. The fourth-order valence-electron chi connectivity index (χ4n) is 1.19. The Labute approximate surface area is 104 Å². The van der Waals surface area contributed by atoms with E-state index in [1.54, 1.807) is 29.6 Å². The molecule has 0 aliphatic rings. The maximum absolute atomic E-state index is 10.9. The predicted molar refractivity (Wildman–Crippen MR) is 67.5 cm³/mol. The van der Waals surface area contributed by atoms with Crippen LogP contribution in [0.5, 0.6) is 0 Å². The van der Waals surface area contributed by atoms with Crippen LogP contribution in [-0.4, -0.2) is 10.8 Å². The lowest BCUT2D eigenvalue weighted by atomic mass is 10.2. The number of carbonyl (C=O) groups excluding carboxylic acids is 1. The highest BCUT2D eigenvalue weighted by Crippen LogP contribution is 2.33. The first kappa shape index (κ1) is 11.0. The zero-order valence-electron chi connectivity index (χ0n) is 7.99. The smallest absolute Gasteiger partial charge is 0.135 e. The molecule has 0 aliphatic heterocycles. The first-order chi connectivity index (χ1) is 7.15. The van der Waals surface area contributed by atoms with Crippen molar-refractivity contribution in [2.75, 3.05) is 0 Å². The molecule has 2 rings (SSSR count). The molecule has 0 spiro atoms. The highest BCUT2D eigenvalue weighted by Gasteiger charge is 2.08. The van der Waals surface area contributed by atoms with Crippen LogP contribution < -0.4 is 0 Å². The van der Waals surface area contributed by atoms with Crippen LogP contribution in [0, 0.1) is 0 Å².